The zero-order chi connectivity index (χ0) is 17.2. The lowest BCUT2D eigenvalue weighted by atomic mass is 9.97. The quantitative estimate of drug-likeness (QED) is 0.940. The first-order valence-corrected chi connectivity index (χ1v) is 8.23. The summed E-state index contributed by atoms with van der Waals surface area (Å²) in [5.74, 6) is -0.0754. The Hall–Kier alpha value is -2.40. The Bertz CT molecular complexity index is 767. The van der Waals surface area contributed by atoms with E-state index in [1.807, 2.05) is 11.0 Å². The topological polar surface area (TPSA) is 56.4 Å². The van der Waals surface area contributed by atoms with E-state index < -0.39 is 0 Å². The van der Waals surface area contributed by atoms with E-state index >= 15 is 0 Å². The molecule has 0 radical (unpaired) electrons. The van der Waals surface area contributed by atoms with Crippen molar-refractivity contribution in [1.82, 2.24) is 14.8 Å². The van der Waals surface area contributed by atoms with Gasteiger partial charge in [0.05, 0.1) is 0 Å². The summed E-state index contributed by atoms with van der Waals surface area (Å²) in [6, 6.07) is 13.4. The molecule has 1 amide bonds. The number of benzene rings is 1. The summed E-state index contributed by atoms with van der Waals surface area (Å²) in [7, 11) is 0. The third-order valence-corrected chi connectivity index (χ3v) is 4.60. The molecule has 0 bridgehead atoms. The number of hydrogen-bond donors (Lipinski definition) is 1. The predicted octanol–water partition coefficient (Wildman–Crippen LogP) is 2.11. The number of piperazine rings is 1. The van der Waals surface area contributed by atoms with Gasteiger partial charge in [-0.25, -0.2) is 0 Å². The van der Waals surface area contributed by atoms with Crippen LogP contribution >= 0.6 is 0 Å². The minimum atomic E-state index is -0.247. The summed E-state index contributed by atoms with van der Waals surface area (Å²) in [6.45, 7) is 7.32. The molecule has 2 aromatic rings. The first-order chi connectivity index (χ1) is 11.5. The number of rotatable bonds is 3. The molecule has 1 aliphatic heterocycles. The summed E-state index contributed by atoms with van der Waals surface area (Å²) in [5.41, 5.74) is 1.36. The fourth-order valence-electron chi connectivity index (χ4n) is 3.22. The fraction of sp³-hybridized carbons (Fsp3) is 0.368. The van der Waals surface area contributed by atoms with Crippen LogP contribution in [-0.2, 0) is 6.54 Å². The molecule has 0 spiro atoms. The molecule has 2 heterocycles. The Labute approximate surface area is 141 Å². The molecule has 5 heteroatoms. The summed E-state index contributed by atoms with van der Waals surface area (Å²) in [4.78, 5) is 30.9. The number of pyridine rings is 1. The Balaban J connectivity index is 1.71. The average Bonchev–Trinajstić information content (AvgIpc) is 2.57. The van der Waals surface area contributed by atoms with Gasteiger partial charge in [0.25, 0.3) is 5.91 Å². The van der Waals surface area contributed by atoms with Crippen LogP contribution < -0.4 is 5.56 Å². The van der Waals surface area contributed by atoms with Crippen molar-refractivity contribution in [2.75, 3.05) is 19.6 Å². The lowest BCUT2D eigenvalue weighted by molar-refractivity contribution is 0.0138. The highest BCUT2D eigenvalue weighted by Crippen LogP contribution is 2.24. The lowest BCUT2D eigenvalue weighted by Gasteiger charge is -2.47. The molecule has 0 saturated carbocycles. The Kier molecular flexibility index (Phi) is 4.53. The average molecular weight is 325 g/mol. The van der Waals surface area contributed by atoms with Crippen LogP contribution in [0.1, 0.15) is 29.8 Å². The van der Waals surface area contributed by atoms with E-state index in [0.717, 1.165) is 13.1 Å². The first kappa shape index (κ1) is 16.5. The number of nitrogens with zero attached hydrogens (tertiary/aromatic N) is 2. The van der Waals surface area contributed by atoms with Gasteiger partial charge in [0.2, 0.25) is 5.56 Å². The third kappa shape index (κ3) is 3.57. The molecule has 1 fully saturated rings. The van der Waals surface area contributed by atoms with Crippen molar-refractivity contribution < 1.29 is 4.79 Å². The van der Waals surface area contributed by atoms with Crippen LogP contribution in [0.5, 0.6) is 0 Å². The minimum absolute atomic E-state index is 0.0754. The van der Waals surface area contributed by atoms with E-state index in [-0.39, 0.29) is 17.0 Å². The molecule has 0 atom stereocenters. The van der Waals surface area contributed by atoms with Crippen LogP contribution in [0.15, 0.2) is 53.5 Å². The zero-order valence-electron chi connectivity index (χ0n) is 14.2. The zero-order valence-corrected chi connectivity index (χ0v) is 14.2. The van der Waals surface area contributed by atoms with Crippen LogP contribution in [0.3, 0.4) is 0 Å². The van der Waals surface area contributed by atoms with Crippen molar-refractivity contribution in [2.45, 2.75) is 25.9 Å². The van der Waals surface area contributed by atoms with Crippen LogP contribution in [0, 0.1) is 0 Å². The maximum Gasteiger partial charge on any atom is 0.254 e. The number of carbonyl (C=O) groups excluding carboxylic acids is 1. The second-order valence-electron chi connectivity index (χ2n) is 6.89. The van der Waals surface area contributed by atoms with E-state index in [1.165, 1.54) is 17.8 Å². The molecular weight excluding hydrogens is 302 g/mol. The van der Waals surface area contributed by atoms with Gasteiger partial charge < -0.3 is 9.88 Å². The van der Waals surface area contributed by atoms with E-state index in [1.54, 1.807) is 6.07 Å². The van der Waals surface area contributed by atoms with Crippen LogP contribution in [0.25, 0.3) is 0 Å². The summed E-state index contributed by atoms with van der Waals surface area (Å²) in [6.07, 6.45) is 1.52. The molecule has 1 saturated heterocycles. The van der Waals surface area contributed by atoms with Crippen molar-refractivity contribution in [3.05, 3.63) is 70.1 Å². The fourth-order valence-corrected chi connectivity index (χ4v) is 3.22. The van der Waals surface area contributed by atoms with E-state index in [4.69, 9.17) is 0 Å². The molecule has 1 aliphatic rings. The van der Waals surface area contributed by atoms with Crippen molar-refractivity contribution >= 4 is 5.91 Å². The number of carbonyl (C=O) groups is 1. The molecule has 1 N–H and O–H groups in total. The smallest absolute Gasteiger partial charge is 0.254 e. The van der Waals surface area contributed by atoms with Gasteiger partial charge in [0, 0.05) is 49.5 Å². The van der Waals surface area contributed by atoms with Gasteiger partial charge >= 0.3 is 0 Å². The highest BCUT2D eigenvalue weighted by molar-refractivity contribution is 5.94. The highest BCUT2D eigenvalue weighted by Gasteiger charge is 2.35. The lowest BCUT2D eigenvalue weighted by Crippen LogP contribution is -2.60. The van der Waals surface area contributed by atoms with Gasteiger partial charge in [-0.15, -0.1) is 0 Å². The summed E-state index contributed by atoms with van der Waals surface area (Å²) < 4.78 is 0. The van der Waals surface area contributed by atoms with Crippen LogP contribution in [-0.4, -0.2) is 45.9 Å². The van der Waals surface area contributed by atoms with Crippen molar-refractivity contribution in [3.63, 3.8) is 0 Å². The van der Waals surface area contributed by atoms with Gasteiger partial charge in [-0.05, 0) is 25.5 Å². The van der Waals surface area contributed by atoms with E-state index in [0.29, 0.717) is 18.7 Å². The maximum atomic E-state index is 12.7. The van der Waals surface area contributed by atoms with Crippen molar-refractivity contribution in [3.8, 4) is 0 Å². The number of amides is 1. The van der Waals surface area contributed by atoms with Crippen LogP contribution in [0.2, 0.25) is 0 Å². The molecule has 0 unspecified atom stereocenters. The van der Waals surface area contributed by atoms with Crippen molar-refractivity contribution in [2.24, 2.45) is 0 Å². The monoisotopic (exact) mass is 325 g/mol. The maximum absolute atomic E-state index is 12.7. The standard InChI is InChI=1S/C19H23N3O2/c1-19(2)14-21(18(24)16-8-9-20-17(23)12-16)10-11-22(19)13-15-6-4-3-5-7-15/h3-9,12H,10-11,13-14H2,1-2H3,(H,20,23). The largest absolute Gasteiger partial charge is 0.336 e. The summed E-state index contributed by atoms with van der Waals surface area (Å²) in [5, 5.41) is 0. The third-order valence-electron chi connectivity index (χ3n) is 4.60. The van der Waals surface area contributed by atoms with Gasteiger partial charge in [-0.1, -0.05) is 30.3 Å². The number of H-pyrrole nitrogens is 1. The number of nitrogens with one attached hydrogen (secondary N) is 1. The molecule has 3 rings (SSSR count). The molecule has 1 aromatic carbocycles. The number of hydrogen-bond acceptors (Lipinski definition) is 3. The first-order valence-electron chi connectivity index (χ1n) is 8.23. The molecule has 1 aromatic heterocycles. The van der Waals surface area contributed by atoms with Gasteiger partial charge in [-0.2, -0.15) is 0 Å². The highest BCUT2D eigenvalue weighted by atomic mass is 16.2. The van der Waals surface area contributed by atoms with Gasteiger partial charge in [-0.3, -0.25) is 14.5 Å². The number of aromatic nitrogens is 1. The SMILES string of the molecule is CC1(C)CN(C(=O)c2cc[nH]c(=O)c2)CCN1Cc1ccccc1. The molecule has 24 heavy (non-hydrogen) atoms. The van der Waals surface area contributed by atoms with E-state index in [9.17, 15) is 9.59 Å². The minimum Gasteiger partial charge on any atom is -0.336 e. The number of aromatic amines is 1. The van der Waals surface area contributed by atoms with E-state index in [2.05, 4.69) is 48.0 Å². The Morgan fingerprint density at radius 1 is 1.17 bits per heavy atom. The molecule has 5 nitrogen and oxygen atoms in total. The predicted molar refractivity (Wildman–Crippen MR) is 93.9 cm³/mol. The molecular formula is C19H23N3O2. The normalized spacial score (nSPS) is 17.7. The second-order valence-corrected chi connectivity index (χ2v) is 6.89. The molecule has 126 valence electrons. The van der Waals surface area contributed by atoms with Gasteiger partial charge in [0.1, 0.15) is 0 Å². The van der Waals surface area contributed by atoms with Crippen molar-refractivity contribution in [1.29, 1.82) is 0 Å². The van der Waals surface area contributed by atoms with Gasteiger partial charge in [0.15, 0.2) is 0 Å². The van der Waals surface area contributed by atoms with Crippen LogP contribution in [0.4, 0.5) is 0 Å². The summed E-state index contributed by atoms with van der Waals surface area (Å²) >= 11 is 0. The Morgan fingerprint density at radius 3 is 2.58 bits per heavy atom. The Morgan fingerprint density at radius 2 is 1.92 bits per heavy atom. The second kappa shape index (κ2) is 6.61. The molecule has 0 aliphatic carbocycles.